The van der Waals surface area contributed by atoms with Gasteiger partial charge in [-0.05, 0) is 25.3 Å². The fourth-order valence-electron chi connectivity index (χ4n) is 2.78. The summed E-state index contributed by atoms with van der Waals surface area (Å²) in [4.78, 5) is 25.4. The first kappa shape index (κ1) is 11.6. The van der Waals surface area contributed by atoms with Crippen LogP contribution in [0.25, 0.3) is 0 Å². The molecular formula is C12H20N2O2. The van der Waals surface area contributed by atoms with Gasteiger partial charge in [0.15, 0.2) is 0 Å². The van der Waals surface area contributed by atoms with Crippen LogP contribution in [-0.2, 0) is 9.59 Å². The molecule has 2 saturated heterocycles. The molecule has 0 aromatic heterocycles. The van der Waals surface area contributed by atoms with Crippen LogP contribution in [0.4, 0.5) is 0 Å². The molecule has 0 spiro atoms. The Hall–Kier alpha value is -0.900. The van der Waals surface area contributed by atoms with Crippen molar-refractivity contribution >= 4 is 11.8 Å². The first-order valence-electron chi connectivity index (χ1n) is 6.28. The third kappa shape index (κ3) is 2.26. The predicted molar refractivity (Wildman–Crippen MR) is 60.8 cm³/mol. The van der Waals surface area contributed by atoms with Gasteiger partial charge in [0.05, 0.1) is 6.04 Å². The molecule has 2 heterocycles. The summed E-state index contributed by atoms with van der Waals surface area (Å²) in [5, 5.41) is 3.20. The average molecular weight is 224 g/mol. The van der Waals surface area contributed by atoms with Crippen LogP contribution < -0.4 is 5.32 Å². The number of amides is 2. The van der Waals surface area contributed by atoms with Gasteiger partial charge in [0.2, 0.25) is 11.8 Å². The highest BCUT2D eigenvalue weighted by Crippen LogP contribution is 2.26. The maximum absolute atomic E-state index is 12.0. The summed E-state index contributed by atoms with van der Waals surface area (Å²) >= 11 is 0. The van der Waals surface area contributed by atoms with Gasteiger partial charge in [-0.1, -0.05) is 13.3 Å². The first-order chi connectivity index (χ1) is 7.72. The lowest BCUT2D eigenvalue weighted by Crippen LogP contribution is -2.49. The molecule has 0 saturated carbocycles. The summed E-state index contributed by atoms with van der Waals surface area (Å²) in [6.45, 7) is 3.79. The maximum Gasteiger partial charge on any atom is 0.229 e. The highest BCUT2D eigenvalue weighted by atomic mass is 16.2. The monoisotopic (exact) mass is 224 g/mol. The lowest BCUT2D eigenvalue weighted by molar-refractivity contribution is -0.152. The number of imide groups is 1. The normalized spacial score (nSPS) is 27.8. The molecule has 1 unspecified atom stereocenters. The number of nitrogens with zero attached hydrogens (tertiary/aromatic N) is 1. The van der Waals surface area contributed by atoms with E-state index < -0.39 is 0 Å². The van der Waals surface area contributed by atoms with E-state index >= 15 is 0 Å². The smallest absolute Gasteiger partial charge is 0.229 e. The van der Waals surface area contributed by atoms with Gasteiger partial charge >= 0.3 is 0 Å². The SMILES string of the molecule is CCCC1CC(=O)N(C2CCNC2)C(=O)C1. The van der Waals surface area contributed by atoms with Gasteiger partial charge in [0.25, 0.3) is 0 Å². The Balaban J connectivity index is 2.00. The van der Waals surface area contributed by atoms with Crippen molar-refractivity contribution in [2.24, 2.45) is 5.92 Å². The van der Waals surface area contributed by atoms with E-state index in [0.717, 1.165) is 32.4 Å². The van der Waals surface area contributed by atoms with Crippen molar-refractivity contribution in [1.82, 2.24) is 10.2 Å². The molecule has 0 aromatic carbocycles. The van der Waals surface area contributed by atoms with Crippen LogP contribution in [-0.4, -0.2) is 35.8 Å². The molecule has 90 valence electrons. The maximum atomic E-state index is 12.0. The Morgan fingerprint density at radius 3 is 2.50 bits per heavy atom. The second-order valence-corrected chi connectivity index (χ2v) is 4.87. The number of hydrogen-bond acceptors (Lipinski definition) is 3. The molecule has 0 aliphatic carbocycles. The summed E-state index contributed by atoms with van der Waals surface area (Å²) in [6, 6.07) is 0.113. The molecule has 0 bridgehead atoms. The second kappa shape index (κ2) is 4.95. The third-order valence-corrected chi connectivity index (χ3v) is 3.56. The Bertz CT molecular complexity index is 267. The van der Waals surface area contributed by atoms with E-state index in [9.17, 15) is 9.59 Å². The van der Waals surface area contributed by atoms with E-state index in [2.05, 4.69) is 12.2 Å². The summed E-state index contributed by atoms with van der Waals surface area (Å²) in [5.41, 5.74) is 0. The van der Waals surface area contributed by atoms with Crippen molar-refractivity contribution < 1.29 is 9.59 Å². The van der Waals surface area contributed by atoms with Crippen LogP contribution in [0.5, 0.6) is 0 Å². The number of rotatable bonds is 3. The number of piperidine rings is 1. The van der Waals surface area contributed by atoms with Crippen LogP contribution in [0, 0.1) is 5.92 Å². The van der Waals surface area contributed by atoms with E-state index in [1.165, 1.54) is 4.90 Å². The summed E-state index contributed by atoms with van der Waals surface area (Å²) in [5.74, 6) is 0.377. The minimum atomic E-state index is 0.0448. The van der Waals surface area contributed by atoms with E-state index in [1.807, 2.05) is 0 Å². The highest BCUT2D eigenvalue weighted by Gasteiger charge is 2.37. The average Bonchev–Trinajstić information content (AvgIpc) is 2.70. The fraction of sp³-hybridized carbons (Fsp3) is 0.833. The Morgan fingerprint density at radius 1 is 1.31 bits per heavy atom. The molecule has 1 N–H and O–H groups in total. The van der Waals surface area contributed by atoms with Gasteiger partial charge in [-0.2, -0.15) is 0 Å². The molecule has 2 aliphatic rings. The van der Waals surface area contributed by atoms with E-state index in [-0.39, 0.29) is 23.8 Å². The number of likely N-dealkylation sites (tertiary alicyclic amines) is 1. The van der Waals surface area contributed by atoms with Gasteiger partial charge < -0.3 is 5.32 Å². The van der Waals surface area contributed by atoms with Gasteiger partial charge in [-0.3, -0.25) is 14.5 Å². The summed E-state index contributed by atoms with van der Waals surface area (Å²) < 4.78 is 0. The summed E-state index contributed by atoms with van der Waals surface area (Å²) in [7, 11) is 0. The van der Waals surface area contributed by atoms with Crippen molar-refractivity contribution in [3.63, 3.8) is 0 Å². The highest BCUT2D eigenvalue weighted by molar-refractivity contribution is 5.98. The van der Waals surface area contributed by atoms with Crippen molar-refractivity contribution in [3.05, 3.63) is 0 Å². The van der Waals surface area contributed by atoms with Crippen LogP contribution in [0.15, 0.2) is 0 Å². The molecule has 2 aliphatic heterocycles. The molecule has 2 amide bonds. The number of hydrogen-bond donors (Lipinski definition) is 1. The topological polar surface area (TPSA) is 49.4 Å². The van der Waals surface area contributed by atoms with Crippen molar-refractivity contribution in [2.75, 3.05) is 13.1 Å². The minimum Gasteiger partial charge on any atom is -0.315 e. The fourth-order valence-corrected chi connectivity index (χ4v) is 2.78. The van der Waals surface area contributed by atoms with E-state index in [4.69, 9.17) is 0 Å². The zero-order chi connectivity index (χ0) is 11.5. The molecule has 1 atom stereocenters. The Kier molecular flexibility index (Phi) is 3.59. The zero-order valence-electron chi connectivity index (χ0n) is 9.87. The minimum absolute atomic E-state index is 0.0448. The number of nitrogens with one attached hydrogen (secondary N) is 1. The molecule has 2 fully saturated rings. The van der Waals surface area contributed by atoms with Crippen LogP contribution in [0.1, 0.15) is 39.0 Å². The second-order valence-electron chi connectivity index (χ2n) is 4.87. The Morgan fingerprint density at radius 2 is 2.00 bits per heavy atom. The molecule has 16 heavy (non-hydrogen) atoms. The molecule has 2 rings (SSSR count). The summed E-state index contributed by atoms with van der Waals surface area (Å²) in [6.07, 6.45) is 4.09. The van der Waals surface area contributed by atoms with Gasteiger partial charge in [-0.25, -0.2) is 0 Å². The number of carbonyl (C=O) groups is 2. The molecule has 4 nitrogen and oxygen atoms in total. The van der Waals surface area contributed by atoms with Crippen LogP contribution >= 0.6 is 0 Å². The molecule has 0 radical (unpaired) electrons. The van der Waals surface area contributed by atoms with Crippen molar-refractivity contribution in [3.8, 4) is 0 Å². The molecule has 0 aromatic rings. The van der Waals surface area contributed by atoms with E-state index in [0.29, 0.717) is 12.8 Å². The van der Waals surface area contributed by atoms with E-state index in [1.54, 1.807) is 0 Å². The van der Waals surface area contributed by atoms with Gasteiger partial charge in [-0.15, -0.1) is 0 Å². The zero-order valence-corrected chi connectivity index (χ0v) is 9.87. The van der Waals surface area contributed by atoms with Crippen molar-refractivity contribution in [2.45, 2.75) is 45.1 Å². The Labute approximate surface area is 96.4 Å². The molecule has 4 heteroatoms. The van der Waals surface area contributed by atoms with Gasteiger partial charge in [0, 0.05) is 19.4 Å². The van der Waals surface area contributed by atoms with Crippen LogP contribution in [0.3, 0.4) is 0 Å². The van der Waals surface area contributed by atoms with Crippen molar-refractivity contribution in [1.29, 1.82) is 0 Å². The lowest BCUT2D eigenvalue weighted by atomic mass is 9.90. The number of carbonyl (C=O) groups excluding carboxylic acids is 2. The quantitative estimate of drug-likeness (QED) is 0.725. The predicted octanol–water partition coefficient (Wildman–Crippen LogP) is 0.914. The first-order valence-corrected chi connectivity index (χ1v) is 6.28. The largest absolute Gasteiger partial charge is 0.315 e. The molecular weight excluding hydrogens is 204 g/mol. The van der Waals surface area contributed by atoms with Gasteiger partial charge in [0.1, 0.15) is 0 Å². The van der Waals surface area contributed by atoms with Crippen LogP contribution in [0.2, 0.25) is 0 Å². The standard InChI is InChI=1S/C12H20N2O2/c1-2-3-9-6-11(15)14(12(16)7-9)10-4-5-13-8-10/h9-10,13H,2-8H2,1H3. The lowest BCUT2D eigenvalue weighted by Gasteiger charge is -2.33. The third-order valence-electron chi connectivity index (χ3n) is 3.56.